The molecule has 19 heavy (non-hydrogen) atoms. The molecule has 2 atom stereocenters. The Hall–Kier alpha value is -1.30. The van der Waals surface area contributed by atoms with Gasteiger partial charge in [0.2, 0.25) is 0 Å². The zero-order chi connectivity index (χ0) is 14.6. The summed E-state index contributed by atoms with van der Waals surface area (Å²) in [5.74, 6) is -0.922. The topological polar surface area (TPSA) is 87.7 Å². The summed E-state index contributed by atoms with van der Waals surface area (Å²) < 4.78 is 5.78. The van der Waals surface area contributed by atoms with Crippen molar-refractivity contribution in [2.45, 2.75) is 58.8 Å². The number of hydrogen-bond donors (Lipinski definition) is 3. The number of hydrogen-bond acceptors (Lipinski definition) is 3. The minimum atomic E-state index is -0.922. The standard InChI is InChI=1S/C13H24N2O4/c1-8(2)19-10-7-9(13(10,3)4)15-12(18)14-6-5-11(16)17/h8-10H,5-7H2,1-4H3,(H,16,17)(H2,14,15,18). The summed E-state index contributed by atoms with van der Waals surface area (Å²) >= 11 is 0. The first-order valence-electron chi connectivity index (χ1n) is 6.65. The highest BCUT2D eigenvalue weighted by atomic mass is 16.5. The Morgan fingerprint density at radius 2 is 2.05 bits per heavy atom. The number of carboxylic acids is 1. The molecule has 0 bridgehead atoms. The summed E-state index contributed by atoms with van der Waals surface area (Å²) in [4.78, 5) is 21.9. The van der Waals surface area contributed by atoms with Crippen molar-refractivity contribution in [2.24, 2.45) is 5.41 Å². The summed E-state index contributed by atoms with van der Waals surface area (Å²) in [6.45, 7) is 8.25. The van der Waals surface area contributed by atoms with Crippen LogP contribution in [0.15, 0.2) is 0 Å². The first-order chi connectivity index (χ1) is 8.73. The van der Waals surface area contributed by atoms with Gasteiger partial charge in [-0.25, -0.2) is 4.79 Å². The van der Waals surface area contributed by atoms with Crippen molar-refractivity contribution in [3.8, 4) is 0 Å². The second-order valence-corrected chi connectivity index (χ2v) is 5.83. The first-order valence-corrected chi connectivity index (χ1v) is 6.65. The van der Waals surface area contributed by atoms with Gasteiger partial charge in [0.15, 0.2) is 0 Å². The van der Waals surface area contributed by atoms with Crippen LogP contribution in [0, 0.1) is 5.41 Å². The predicted octanol–water partition coefficient (Wildman–Crippen LogP) is 1.35. The van der Waals surface area contributed by atoms with Crippen LogP contribution in [0.1, 0.15) is 40.5 Å². The third-order valence-electron chi connectivity index (χ3n) is 3.54. The number of amides is 2. The Labute approximate surface area is 113 Å². The number of rotatable bonds is 6. The van der Waals surface area contributed by atoms with Crippen LogP contribution in [0.2, 0.25) is 0 Å². The normalized spacial score (nSPS) is 24.7. The van der Waals surface area contributed by atoms with Gasteiger partial charge in [-0.2, -0.15) is 0 Å². The van der Waals surface area contributed by atoms with E-state index >= 15 is 0 Å². The summed E-state index contributed by atoms with van der Waals surface area (Å²) in [5.41, 5.74) is -0.103. The lowest BCUT2D eigenvalue weighted by atomic mass is 9.64. The van der Waals surface area contributed by atoms with Crippen LogP contribution in [-0.2, 0) is 9.53 Å². The fourth-order valence-corrected chi connectivity index (χ4v) is 2.18. The Kier molecular flexibility index (Phi) is 5.17. The van der Waals surface area contributed by atoms with Gasteiger partial charge in [-0.1, -0.05) is 13.8 Å². The highest BCUT2D eigenvalue weighted by molar-refractivity contribution is 5.75. The number of ether oxygens (including phenoxy) is 1. The summed E-state index contributed by atoms with van der Waals surface area (Å²) in [6.07, 6.45) is 1.05. The second kappa shape index (κ2) is 6.23. The van der Waals surface area contributed by atoms with Gasteiger partial charge in [0.25, 0.3) is 0 Å². The van der Waals surface area contributed by atoms with Crippen molar-refractivity contribution in [2.75, 3.05) is 6.54 Å². The molecular formula is C13H24N2O4. The minimum absolute atomic E-state index is 0.0566. The van der Waals surface area contributed by atoms with Gasteiger partial charge >= 0.3 is 12.0 Å². The van der Waals surface area contributed by atoms with E-state index in [0.29, 0.717) is 0 Å². The summed E-state index contributed by atoms with van der Waals surface area (Å²) in [7, 11) is 0. The van der Waals surface area contributed by atoms with Crippen LogP contribution in [0.5, 0.6) is 0 Å². The smallest absolute Gasteiger partial charge is 0.315 e. The van der Waals surface area contributed by atoms with Crippen molar-refractivity contribution < 1.29 is 19.4 Å². The molecule has 6 heteroatoms. The third-order valence-corrected chi connectivity index (χ3v) is 3.54. The molecule has 1 aliphatic rings. The number of carbonyl (C=O) groups excluding carboxylic acids is 1. The van der Waals surface area contributed by atoms with Crippen LogP contribution in [0.25, 0.3) is 0 Å². The van der Waals surface area contributed by atoms with Crippen molar-refractivity contribution >= 4 is 12.0 Å². The Bertz CT molecular complexity index is 342. The number of urea groups is 1. The molecular weight excluding hydrogens is 248 g/mol. The molecule has 1 rings (SSSR count). The van der Waals surface area contributed by atoms with Crippen molar-refractivity contribution in [3.05, 3.63) is 0 Å². The summed E-state index contributed by atoms with van der Waals surface area (Å²) in [5, 5.41) is 13.9. The van der Waals surface area contributed by atoms with E-state index in [-0.39, 0.29) is 42.7 Å². The molecule has 1 fully saturated rings. The zero-order valence-corrected chi connectivity index (χ0v) is 12.0. The van der Waals surface area contributed by atoms with E-state index in [1.165, 1.54) is 0 Å². The minimum Gasteiger partial charge on any atom is -0.481 e. The maximum atomic E-state index is 11.6. The average Bonchev–Trinajstić information content (AvgIpc) is 2.26. The summed E-state index contributed by atoms with van der Waals surface area (Å²) in [6, 6.07) is -0.261. The van der Waals surface area contributed by atoms with Gasteiger partial charge in [0.1, 0.15) is 0 Å². The van der Waals surface area contributed by atoms with E-state index in [2.05, 4.69) is 24.5 Å². The highest BCUT2D eigenvalue weighted by Crippen LogP contribution is 2.43. The monoisotopic (exact) mass is 272 g/mol. The van der Waals surface area contributed by atoms with Crippen molar-refractivity contribution in [1.29, 1.82) is 0 Å². The van der Waals surface area contributed by atoms with E-state index < -0.39 is 5.97 Å². The number of carboxylic acid groups (broad SMARTS) is 1. The largest absolute Gasteiger partial charge is 0.481 e. The average molecular weight is 272 g/mol. The molecule has 3 N–H and O–H groups in total. The molecule has 0 heterocycles. The van der Waals surface area contributed by atoms with Crippen LogP contribution in [0.4, 0.5) is 4.79 Å². The van der Waals surface area contributed by atoms with E-state index in [1.54, 1.807) is 0 Å². The van der Waals surface area contributed by atoms with Crippen molar-refractivity contribution in [1.82, 2.24) is 10.6 Å². The van der Waals surface area contributed by atoms with Gasteiger partial charge in [-0.05, 0) is 20.3 Å². The number of nitrogens with one attached hydrogen (secondary N) is 2. The lowest BCUT2D eigenvalue weighted by Crippen LogP contribution is -2.63. The molecule has 1 aliphatic carbocycles. The predicted molar refractivity (Wildman–Crippen MR) is 71.0 cm³/mol. The van der Waals surface area contributed by atoms with Crippen LogP contribution < -0.4 is 10.6 Å². The maximum absolute atomic E-state index is 11.6. The molecule has 0 aromatic heterocycles. The van der Waals surface area contributed by atoms with E-state index in [4.69, 9.17) is 9.84 Å². The van der Waals surface area contributed by atoms with Crippen molar-refractivity contribution in [3.63, 3.8) is 0 Å². The SMILES string of the molecule is CC(C)OC1CC(NC(=O)NCCC(=O)O)C1(C)C. The molecule has 0 aromatic carbocycles. The molecule has 0 radical (unpaired) electrons. The maximum Gasteiger partial charge on any atom is 0.315 e. The molecule has 0 aromatic rings. The lowest BCUT2D eigenvalue weighted by molar-refractivity contribution is -0.136. The Morgan fingerprint density at radius 3 is 2.53 bits per heavy atom. The molecule has 1 saturated carbocycles. The van der Waals surface area contributed by atoms with Crippen LogP contribution in [0.3, 0.4) is 0 Å². The number of carbonyl (C=O) groups is 2. The Balaban J connectivity index is 2.31. The van der Waals surface area contributed by atoms with Gasteiger partial charge in [-0.3, -0.25) is 4.79 Å². The molecule has 0 saturated heterocycles. The molecule has 6 nitrogen and oxygen atoms in total. The fourth-order valence-electron chi connectivity index (χ4n) is 2.18. The second-order valence-electron chi connectivity index (χ2n) is 5.83. The van der Waals surface area contributed by atoms with E-state index in [0.717, 1.165) is 6.42 Å². The quantitative estimate of drug-likeness (QED) is 0.681. The molecule has 2 unspecified atom stereocenters. The fraction of sp³-hybridized carbons (Fsp3) is 0.846. The lowest BCUT2D eigenvalue weighted by Gasteiger charge is -2.52. The first kappa shape index (κ1) is 15.8. The molecule has 110 valence electrons. The van der Waals surface area contributed by atoms with Crippen LogP contribution in [-0.4, -0.2) is 41.9 Å². The van der Waals surface area contributed by atoms with E-state index in [1.807, 2.05) is 13.8 Å². The third kappa shape index (κ3) is 4.38. The number of aliphatic carboxylic acids is 1. The van der Waals surface area contributed by atoms with Gasteiger partial charge in [0, 0.05) is 18.0 Å². The van der Waals surface area contributed by atoms with Gasteiger partial charge in [-0.15, -0.1) is 0 Å². The molecule has 0 aliphatic heterocycles. The molecule has 2 amide bonds. The van der Waals surface area contributed by atoms with Gasteiger partial charge < -0.3 is 20.5 Å². The Morgan fingerprint density at radius 1 is 1.42 bits per heavy atom. The molecule has 0 spiro atoms. The van der Waals surface area contributed by atoms with Gasteiger partial charge in [0.05, 0.1) is 18.6 Å². The van der Waals surface area contributed by atoms with E-state index in [9.17, 15) is 9.59 Å². The highest BCUT2D eigenvalue weighted by Gasteiger charge is 2.50. The van der Waals surface area contributed by atoms with Crippen LogP contribution >= 0.6 is 0 Å². The zero-order valence-electron chi connectivity index (χ0n) is 12.0.